The van der Waals surface area contributed by atoms with Crippen LogP contribution in [0.1, 0.15) is 12.5 Å². The lowest BCUT2D eigenvalue weighted by atomic mass is 10.1. The summed E-state index contributed by atoms with van der Waals surface area (Å²) in [4.78, 5) is 12.1. The maximum atomic E-state index is 12.1. The standard InChI is InChI=1S/C20H17BrN2O3/c1-13(26-18-8-6-14-4-2-3-5-15(14)11-18)20(25)23-22-12-16-10-17(21)7-9-19(16)24/h2-13,24H,1H3,(H,23,25)/b22-12+/t13-/m0/s1. The van der Waals surface area contributed by atoms with Gasteiger partial charge in [0.05, 0.1) is 6.21 Å². The van der Waals surface area contributed by atoms with Crippen molar-refractivity contribution in [2.75, 3.05) is 0 Å². The number of rotatable bonds is 5. The topological polar surface area (TPSA) is 70.9 Å². The molecule has 0 heterocycles. The van der Waals surface area contributed by atoms with Gasteiger partial charge < -0.3 is 9.84 Å². The van der Waals surface area contributed by atoms with Crippen LogP contribution in [-0.4, -0.2) is 23.3 Å². The molecule has 0 bridgehead atoms. The van der Waals surface area contributed by atoms with Gasteiger partial charge in [-0.25, -0.2) is 5.43 Å². The molecular formula is C20H17BrN2O3. The maximum absolute atomic E-state index is 12.1. The number of hydrogen-bond donors (Lipinski definition) is 2. The minimum atomic E-state index is -0.718. The molecule has 0 unspecified atom stereocenters. The number of nitrogens with zero attached hydrogens (tertiary/aromatic N) is 1. The summed E-state index contributed by atoms with van der Waals surface area (Å²) in [5, 5.41) is 15.8. The van der Waals surface area contributed by atoms with Crippen molar-refractivity contribution >= 4 is 38.8 Å². The molecule has 0 fully saturated rings. The molecule has 0 radical (unpaired) electrons. The Bertz CT molecular complexity index is 972. The van der Waals surface area contributed by atoms with Crippen molar-refractivity contribution in [1.29, 1.82) is 0 Å². The number of amides is 1. The van der Waals surface area contributed by atoms with Crippen LogP contribution in [0.3, 0.4) is 0 Å². The molecule has 0 aliphatic rings. The Labute approximate surface area is 159 Å². The first-order valence-corrected chi connectivity index (χ1v) is 8.79. The van der Waals surface area contributed by atoms with Gasteiger partial charge in [0.15, 0.2) is 6.10 Å². The number of phenolic OH excluding ortho intramolecular Hbond substituents is 1. The normalized spacial score (nSPS) is 12.2. The molecule has 132 valence electrons. The van der Waals surface area contributed by atoms with E-state index in [1.807, 2.05) is 42.5 Å². The summed E-state index contributed by atoms with van der Waals surface area (Å²) in [5.74, 6) is 0.301. The van der Waals surface area contributed by atoms with Crippen LogP contribution in [0.4, 0.5) is 0 Å². The van der Waals surface area contributed by atoms with Crippen LogP contribution in [0.5, 0.6) is 11.5 Å². The number of carbonyl (C=O) groups is 1. The SMILES string of the molecule is C[C@H](Oc1ccc2ccccc2c1)C(=O)N/N=C/c1cc(Br)ccc1O. The number of ether oxygens (including phenoxy) is 1. The lowest BCUT2D eigenvalue weighted by Gasteiger charge is -2.13. The predicted molar refractivity (Wildman–Crippen MR) is 106 cm³/mol. The zero-order valence-corrected chi connectivity index (χ0v) is 15.6. The van der Waals surface area contributed by atoms with Gasteiger partial charge in [-0.1, -0.05) is 46.3 Å². The van der Waals surface area contributed by atoms with Crippen LogP contribution >= 0.6 is 15.9 Å². The van der Waals surface area contributed by atoms with Crippen molar-refractivity contribution in [3.63, 3.8) is 0 Å². The Morgan fingerprint density at radius 2 is 1.92 bits per heavy atom. The quantitative estimate of drug-likeness (QED) is 0.486. The summed E-state index contributed by atoms with van der Waals surface area (Å²) in [6.07, 6.45) is 0.658. The van der Waals surface area contributed by atoms with Crippen molar-refractivity contribution in [3.05, 3.63) is 70.7 Å². The van der Waals surface area contributed by atoms with Gasteiger partial charge in [-0.2, -0.15) is 5.10 Å². The fourth-order valence-corrected chi connectivity index (χ4v) is 2.76. The molecule has 0 aliphatic heterocycles. The number of hydrazone groups is 1. The fraction of sp³-hybridized carbons (Fsp3) is 0.100. The van der Waals surface area contributed by atoms with Crippen molar-refractivity contribution in [3.8, 4) is 11.5 Å². The molecule has 1 amide bonds. The molecule has 26 heavy (non-hydrogen) atoms. The van der Waals surface area contributed by atoms with Crippen LogP contribution in [0.25, 0.3) is 10.8 Å². The Morgan fingerprint density at radius 1 is 1.15 bits per heavy atom. The summed E-state index contributed by atoms with van der Waals surface area (Å²) < 4.78 is 6.49. The van der Waals surface area contributed by atoms with Gasteiger partial charge in [0.25, 0.3) is 5.91 Å². The molecule has 2 N–H and O–H groups in total. The average molecular weight is 413 g/mol. The highest BCUT2D eigenvalue weighted by Gasteiger charge is 2.14. The van der Waals surface area contributed by atoms with Crippen molar-refractivity contribution in [2.24, 2.45) is 5.10 Å². The van der Waals surface area contributed by atoms with Gasteiger partial charge in [0.2, 0.25) is 0 Å². The third kappa shape index (κ3) is 4.40. The third-order valence-electron chi connectivity index (χ3n) is 3.77. The molecule has 0 spiro atoms. The van der Waals surface area contributed by atoms with E-state index in [1.54, 1.807) is 25.1 Å². The minimum Gasteiger partial charge on any atom is -0.507 e. The molecule has 0 saturated heterocycles. The van der Waals surface area contributed by atoms with Crippen molar-refractivity contribution in [1.82, 2.24) is 5.43 Å². The number of halogens is 1. The zero-order valence-electron chi connectivity index (χ0n) is 14.0. The lowest BCUT2D eigenvalue weighted by Crippen LogP contribution is -2.33. The Kier molecular flexibility index (Phi) is 5.53. The molecule has 3 aromatic rings. The molecule has 0 saturated carbocycles. The molecule has 3 aromatic carbocycles. The number of carbonyl (C=O) groups excluding carboxylic acids is 1. The highest BCUT2D eigenvalue weighted by atomic mass is 79.9. The predicted octanol–water partition coefficient (Wildman–Crippen LogP) is 4.23. The number of nitrogens with one attached hydrogen (secondary N) is 1. The van der Waals surface area contributed by atoms with Crippen LogP contribution in [-0.2, 0) is 4.79 Å². The van der Waals surface area contributed by atoms with Crippen LogP contribution in [0.15, 0.2) is 70.2 Å². The van der Waals surface area contributed by atoms with Gasteiger partial charge in [-0.05, 0) is 48.0 Å². The van der Waals surface area contributed by atoms with E-state index in [4.69, 9.17) is 4.74 Å². The van der Waals surface area contributed by atoms with Gasteiger partial charge in [0, 0.05) is 10.0 Å². The van der Waals surface area contributed by atoms with Crippen molar-refractivity contribution in [2.45, 2.75) is 13.0 Å². The highest BCUT2D eigenvalue weighted by molar-refractivity contribution is 9.10. The second kappa shape index (κ2) is 8.01. The monoisotopic (exact) mass is 412 g/mol. The van der Waals surface area contributed by atoms with Gasteiger partial charge in [0.1, 0.15) is 11.5 Å². The second-order valence-corrected chi connectivity index (χ2v) is 6.62. The molecule has 0 aliphatic carbocycles. The molecule has 1 atom stereocenters. The van der Waals surface area contributed by atoms with Gasteiger partial charge in [-0.15, -0.1) is 0 Å². The first-order valence-electron chi connectivity index (χ1n) is 8.00. The van der Waals surface area contributed by atoms with E-state index in [0.29, 0.717) is 11.3 Å². The molecule has 3 rings (SSSR count). The number of fused-ring (bicyclic) bond motifs is 1. The van der Waals surface area contributed by atoms with E-state index in [-0.39, 0.29) is 11.7 Å². The summed E-state index contributed by atoms with van der Waals surface area (Å²) in [7, 11) is 0. The zero-order chi connectivity index (χ0) is 18.5. The largest absolute Gasteiger partial charge is 0.507 e. The van der Waals surface area contributed by atoms with Gasteiger partial charge >= 0.3 is 0 Å². The summed E-state index contributed by atoms with van der Waals surface area (Å²) in [6.45, 7) is 1.65. The van der Waals surface area contributed by atoms with Crippen LogP contribution in [0, 0.1) is 0 Å². The Morgan fingerprint density at radius 3 is 2.73 bits per heavy atom. The lowest BCUT2D eigenvalue weighted by molar-refractivity contribution is -0.127. The Hall–Kier alpha value is -2.86. The first kappa shape index (κ1) is 17.9. The van der Waals surface area contributed by atoms with Gasteiger partial charge in [-0.3, -0.25) is 4.79 Å². The average Bonchev–Trinajstić information content (AvgIpc) is 2.64. The molecule has 0 aromatic heterocycles. The fourth-order valence-electron chi connectivity index (χ4n) is 2.38. The number of phenols is 1. The van der Waals surface area contributed by atoms with E-state index < -0.39 is 6.10 Å². The summed E-state index contributed by atoms with van der Waals surface area (Å²) in [5.41, 5.74) is 2.90. The second-order valence-electron chi connectivity index (χ2n) is 5.71. The number of aromatic hydroxyl groups is 1. The summed E-state index contributed by atoms with van der Waals surface area (Å²) in [6, 6.07) is 18.5. The van der Waals surface area contributed by atoms with E-state index in [2.05, 4.69) is 26.5 Å². The smallest absolute Gasteiger partial charge is 0.280 e. The van der Waals surface area contributed by atoms with Crippen LogP contribution in [0.2, 0.25) is 0 Å². The molecule has 5 nitrogen and oxygen atoms in total. The van der Waals surface area contributed by atoms with E-state index >= 15 is 0 Å². The maximum Gasteiger partial charge on any atom is 0.280 e. The van der Waals surface area contributed by atoms with E-state index in [1.165, 1.54) is 6.21 Å². The van der Waals surface area contributed by atoms with Crippen molar-refractivity contribution < 1.29 is 14.6 Å². The van der Waals surface area contributed by atoms with E-state index in [0.717, 1.165) is 15.2 Å². The third-order valence-corrected chi connectivity index (χ3v) is 4.26. The number of hydrogen-bond acceptors (Lipinski definition) is 4. The summed E-state index contributed by atoms with van der Waals surface area (Å²) >= 11 is 3.31. The number of benzene rings is 3. The molecule has 6 heteroatoms. The molecular weight excluding hydrogens is 396 g/mol. The Balaban J connectivity index is 1.61. The van der Waals surface area contributed by atoms with Crippen LogP contribution < -0.4 is 10.2 Å². The van der Waals surface area contributed by atoms with E-state index in [9.17, 15) is 9.90 Å². The first-order chi connectivity index (χ1) is 12.5. The highest BCUT2D eigenvalue weighted by Crippen LogP contribution is 2.22. The minimum absolute atomic E-state index is 0.0756.